The molecule has 86 valence electrons. The van der Waals surface area contributed by atoms with E-state index in [2.05, 4.69) is 6.07 Å². The first-order chi connectivity index (χ1) is 7.60. The Bertz CT molecular complexity index is 398. The molecule has 1 aromatic rings. The number of halogens is 1. The molecule has 3 nitrogen and oxygen atoms in total. The summed E-state index contributed by atoms with van der Waals surface area (Å²) >= 11 is 0. The summed E-state index contributed by atoms with van der Waals surface area (Å²) in [6.45, 7) is 0. The molecule has 0 saturated carbocycles. The summed E-state index contributed by atoms with van der Waals surface area (Å²) in [5.74, 6) is 0.288. The highest BCUT2D eigenvalue weighted by atomic mass is 19.1. The molecule has 0 aliphatic rings. The van der Waals surface area contributed by atoms with Crippen LogP contribution in [0.1, 0.15) is 18.0 Å². The van der Waals surface area contributed by atoms with Gasteiger partial charge in [0.1, 0.15) is 11.6 Å². The van der Waals surface area contributed by atoms with Gasteiger partial charge in [0.15, 0.2) is 0 Å². The van der Waals surface area contributed by atoms with Gasteiger partial charge in [0, 0.05) is 5.56 Å². The number of rotatable bonds is 4. The fraction of sp³-hybridized carbons (Fsp3) is 0.417. The third kappa shape index (κ3) is 2.71. The minimum Gasteiger partial charge on any atom is -0.496 e. The van der Waals surface area contributed by atoms with E-state index in [9.17, 15) is 4.39 Å². The van der Waals surface area contributed by atoms with Crippen LogP contribution in [-0.4, -0.2) is 26.1 Å². The van der Waals surface area contributed by atoms with Crippen LogP contribution in [0.3, 0.4) is 0 Å². The first kappa shape index (κ1) is 12.5. The average Bonchev–Trinajstić information content (AvgIpc) is 2.25. The normalized spacial score (nSPS) is 12.2. The van der Waals surface area contributed by atoms with Crippen molar-refractivity contribution in [2.75, 3.05) is 21.2 Å². The first-order valence-electron chi connectivity index (χ1n) is 4.97. The van der Waals surface area contributed by atoms with E-state index in [1.165, 1.54) is 19.2 Å². The van der Waals surface area contributed by atoms with Crippen LogP contribution in [0.2, 0.25) is 0 Å². The zero-order chi connectivity index (χ0) is 12.1. The molecule has 1 unspecified atom stereocenters. The van der Waals surface area contributed by atoms with Crippen LogP contribution in [0.4, 0.5) is 4.39 Å². The predicted octanol–water partition coefficient (Wildman–Crippen LogP) is 2.35. The molecule has 1 rings (SSSR count). The van der Waals surface area contributed by atoms with E-state index < -0.39 is 0 Å². The van der Waals surface area contributed by atoms with Gasteiger partial charge in [-0.3, -0.25) is 0 Å². The number of benzene rings is 1. The van der Waals surface area contributed by atoms with Crippen LogP contribution in [0.5, 0.6) is 5.75 Å². The maximum Gasteiger partial charge on any atom is 0.123 e. The summed E-state index contributed by atoms with van der Waals surface area (Å²) in [6, 6.07) is 6.29. The Hall–Kier alpha value is -1.60. The van der Waals surface area contributed by atoms with Gasteiger partial charge in [0.25, 0.3) is 0 Å². The van der Waals surface area contributed by atoms with Crippen molar-refractivity contribution in [2.24, 2.45) is 0 Å². The second kappa shape index (κ2) is 5.47. The maximum absolute atomic E-state index is 13.2. The number of methoxy groups -OCH3 is 1. The van der Waals surface area contributed by atoms with E-state index in [1.807, 2.05) is 19.0 Å². The number of ether oxygens (including phenoxy) is 1. The third-order valence-corrected chi connectivity index (χ3v) is 2.46. The molecule has 0 N–H and O–H groups in total. The molecule has 16 heavy (non-hydrogen) atoms. The van der Waals surface area contributed by atoms with E-state index in [1.54, 1.807) is 6.07 Å². The summed E-state index contributed by atoms with van der Waals surface area (Å²) in [5.41, 5.74) is 0.703. The second-order valence-electron chi connectivity index (χ2n) is 3.73. The lowest BCUT2D eigenvalue weighted by atomic mass is 10.0. The SMILES string of the molecule is COc1ccc(F)cc1C(CC#N)N(C)C. The van der Waals surface area contributed by atoms with Gasteiger partial charge in [-0.15, -0.1) is 0 Å². The van der Waals surface area contributed by atoms with Gasteiger partial charge < -0.3 is 9.64 Å². The molecule has 0 aromatic heterocycles. The highest BCUT2D eigenvalue weighted by molar-refractivity contribution is 5.37. The van der Waals surface area contributed by atoms with Gasteiger partial charge in [-0.2, -0.15) is 5.26 Å². The quantitative estimate of drug-likeness (QED) is 0.784. The van der Waals surface area contributed by atoms with Gasteiger partial charge in [-0.05, 0) is 32.3 Å². The summed E-state index contributed by atoms with van der Waals surface area (Å²) in [6.07, 6.45) is 0.298. The van der Waals surface area contributed by atoms with E-state index in [0.29, 0.717) is 17.7 Å². The Balaban J connectivity index is 3.16. The highest BCUT2D eigenvalue weighted by Crippen LogP contribution is 2.30. The van der Waals surface area contributed by atoms with Crippen molar-refractivity contribution in [2.45, 2.75) is 12.5 Å². The standard InChI is InChI=1S/C12H15FN2O/c1-15(2)11(6-7-14)10-8-9(13)4-5-12(10)16-3/h4-5,8,11H,6H2,1-3H3. The molecule has 0 bridgehead atoms. The van der Waals surface area contributed by atoms with Crippen LogP contribution in [0.15, 0.2) is 18.2 Å². The van der Waals surface area contributed by atoms with Crippen molar-refractivity contribution in [1.82, 2.24) is 4.90 Å². The zero-order valence-electron chi connectivity index (χ0n) is 9.70. The summed E-state index contributed by atoms with van der Waals surface area (Å²) < 4.78 is 18.4. The molecule has 1 atom stereocenters. The summed E-state index contributed by atoms with van der Waals surface area (Å²) in [4.78, 5) is 1.88. The van der Waals surface area contributed by atoms with Crippen LogP contribution in [0.25, 0.3) is 0 Å². The molecule has 1 aromatic carbocycles. The lowest BCUT2D eigenvalue weighted by Gasteiger charge is -2.23. The van der Waals surface area contributed by atoms with Gasteiger partial charge >= 0.3 is 0 Å². The number of hydrogen-bond donors (Lipinski definition) is 0. The molecule has 0 radical (unpaired) electrons. The van der Waals surface area contributed by atoms with Crippen molar-refractivity contribution >= 4 is 0 Å². The third-order valence-electron chi connectivity index (χ3n) is 2.46. The van der Waals surface area contributed by atoms with E-state index in [0.717, 1.165) is 0 Å². The van der Waals surface area contributed by atoms with E-state index >= 15 is 0 Å². The minimum atomic E-state index is -0.319. The minimum absolute atomic E-state index is 0.157. The van der Waals surface area contributed by atoms with Crippen LogP contribution in [-0.2, 0) is 0 Å². The Kier molecular flexibility index (Phi) is 4.27. The van der Waals surface area contributed by atoms with Crippen molar-refractivity contribution in [3.05, 3.63) is 29.6 Å². The molecule has 0 fully saturated rings. The Morgan fingerprint density at radius 2 is 2.19 bits per heavy atom. The van der Waals surface area contributed by atoms with Crippen LogP contribution in [0, 0.1) is 17.1 Å². The highest BCUT2D eigenvalue weighted by Gasteiger charge is 2.18. The molecule has 0 saturated heterocycles. The number of hydrogen-bond acceptors (Lipinski definition) is 3. The fourth-order valence-electron chi connectivity index (χ4n) is 1.62. The smallest absolute Gasteiger partial charge is 0.123 e. The second-order valence-corrected chi connectivity index (χ2v) is 3.73. The number of nitriles is 1. The zero-order valence-corrected chi connectivity index (χ0v) is 9.70. The van der Waals surface area contributed by atoms with Gasteiger partial charge in [0.2, 0.25) is 0 Å². The molecular formula is C12H15FN2O. The molecule has 0 heterocycles. The first-order valence-corrected chi connectivity index (χ1v) is 4.97. The molecule has 0 aliphatic carbocycles. The van der Waals surface area contributed by atoms with Gasteiger partial charge in [0.05, 0.1) is 25.6 Å². The molecule has 0 spiro atoms. The van der Waals surface area contributed by atoms with Crippen molar-refractivity contribution in [3.8, 4) is 11.8 Å². The number of nitrogens with zero attached hydrogens (tertiary/aromatic N) is 2. The van der Waals surface area contributed by atoms with Crippen molar-refractivity contribution in [3.63, 3.8) is 0 Å². The van der Waals surface area contributed by atoms with Crippen LogP contribution >= 0.6 is 0 Å². The predicted molar refractivity (Wildman–Crippen MR) is 59.6 cm³/mol. The Morgan fingerprint density at radius 1 is 1.50 bits per heavy atom. The van der Waals surface area contributed by atoms with Crippen molar-refractivity contribution in [1.29, 1.82) is 5.26 Å². The van der Waals surface area contributed by atoms with E-state index in [-0.39, 0.29) is 11.9 Å². The molecule has 4 heteroatoms. The lowest BCUT2D eigenvalue weighted by molar-refractivity contribution is 0.291. The Morgan fingerprint density at radius 3 is 2.69 bits per heavy atom. The summed E-state index contributed by atoms with van der Waals surface area (Å²) in [7, 11) is 5.24. The van der Waals surface area contributed by atoms with Crippen molar-refractivity contribution < 1.29 is 9.13 Å². The fourth-order valence-corrected chi connectivity index (χ4v) is 1.62. The average molecular weight is 222 g/mol. The molecule has 0 amide bonds. The van der Waals surface area contributed by atoms with Gasteiger partial charge in [-0.1, -0.05) is 0 Å². The monoisotopic (exact) mass is 222 g/mol. The topological polar surface area (TPSA) is 36.3 Å². The Labute approximate surface area is 95.1 Å². The molecular weight excluding hydrogens is 207 g/mol. The van der Waals surface area contributed by atoms with E-state index in [4.69, 9.17) is 10.00 Å². The van der Waals surface area contributed by atoms with Gasteiger partial charge in [-0.25, -0.2) is 4.39 Å². The maximum atomic E-state index is 13.2. The summed E-state index contributed by atoms with van der Waals surface area (Å²) in [5, 5.41) is 8.77. The largest absolute Gasteiger partial charge is 0.496 e. The van der Waals surface area contributed by atoms with Crippen LogP contribution < -0.4 is 4.74 Å². The molecule has 0 aliphatic heterocycles. The lowest BCUT2D eigenvalue weighted by Crippen LogP contribution is -2.20.